The lowest BCUT2D eigenvalue weighted by Crippen LogP contribution is -2.53. The number of aryl methyl sites for hydroxylation is 1. The van der Waals surface area contributed by atoms with Crippen LogP contribution in [0.15, 0.2) is 22.6 Å². The summed E-state index contributed by atoms with van der Waals surface area (Å²) in [5.41, 5.74) is -2.89. The highest BCUT2D eigenvalue weighted by Gasteiger charge is 2.55. The normalized spacial score (nSPS) is 22.6. The maximum atomic E-state index is 13.5. The van der Waals surface area contributed by atoms with Crippen molar-refractivity contribution in [1.29, 1.82) is 0 Å². The molecule has 0 aromatic carbocycles. The van der Waals surface area contributed by atoms with Gasteiger partial charge in [-0.1, -0.05) is 17.3 Å². The minimum Gasteiger partial charge on any atom is -0.435 e. The van der Waals surface area contributed by atoms with Crippen LogP contribution in [-0.2, 0) is 21.3 Å². The number of ether oxygens (including phenoxy) is 2. The van der Waals surface area contributed by atoms with Gasteiger partial charge in [0.1, 0.15) is 11.5 Å². The number of carbonyl (C=O) groups is 2. The van der Waals surface area contributed by atoms with E-state index in [0.717, 1.165) is 28.6 Å². The van der Waals surface area contributed by atoms with Crippen LogP contribution in [0.5, 0.6) is 0 Å². The summed E-state index contributed by atoms with van der Waals surface area (Å²) in [7, 11) is 1.45. The van der Waals surface area contributed by atoms with E-state index in [-0.39, 0.29) is 17.5 Å². The van der Waals surface area contributed by atoms with Crippen molar-refractivity contribution in [2.45, 2.75) is 31.5 Å². The molecule has 166 valence electrons. The average molecular weight is 470 g/mol. The molecule has 14 heteroatoms. The summed E-state index contributed by atoms with van der Waals surface area (Å²) in [6.45, 7) is 2.88. The molecule has 1 aromatic rings. The zero-order valence-electron chi connectivity index (χ0n) is 16.4. The predicted molar refractivity (Wildman–Crippen MR) is 103 cm³/mol. The number of aromatic nitrogens is 4. The summed E-state index contributed by atoms with van der Waals surface area (Å²) in [5, 5.41) is 11.5. The Hall–Kier alpha value is -2.28. The molecule has 1 N–H and O–H groups in total. The summed E-state index contributed by atoms with van der Waals surface area (Å²) in [5.74, 6) is -0.933. The third-order valence-corrected chi connectivity index (χ3v) is 6.02. The molecule has 0 fully saturated rings. The van der Waals surface area contributed by atoms with Crippen molar-refractivity contribution in [3.63, 3.8) is 0 Å². The van der Waals surface area contributed by atoms with Gasteiger partial charge in [-0.3, -0.25) is 10.1 Å². The number of halogens is 4. The molecule has 1 aliphatic carbocycles. The minimum absolute atomic E-state index is 0.00366. The Bertz CT molecular complexity index is 875. The largest absolute Gasteiger partial charge is 0.508 e. The van der Waals surface area contributed by atoms with Crippen LogP contribution in [0, 0.1) is 5.41 Å². The van der Waals surface area contributed by atoms with Crippen LogP contribution in [0.3, 0.4) is 0 Å². The van der Waals surface area contributed by atoms with E-state index in [1.807, 2.05) is 0 Å². The maximum absolute atomic E-state index is 13.5. The van der Waals surface area contributed by atoms with Gasteiger partial charge in [-0.05, 0) is 30.5 Å². The molecule has 0 saturated heterocycles. The number of hydrogen-bond acceptors (Lipinski definition) is 8. The lowest BCUT2D eigenvalue weighted by molar-refractivity contribution is -0.129. The fourth-order valence-corrected chi connectivity index (χ4v) is 4.38. The first-order chi connectivity index (χ1) is 14.0. The third-order valence-electron chi connectivity index (χ3n) is 4.41. The number of nitrogens with zero attached hydrogens (tertiary/aromatic N) is 4. The van der Waals surface area contributed by atoms with Crippen molar-refractivity contribution < 1.29 is 32.2 Å². The number of thioether (sulfide) groups is 1. The van der Waals surface area contributed by atoms with E-state index in [2.05, 4.69) is 20.8 Å². The average Bonchev–Trinajstić information content (AvgIpc) is 3.05. The lowest BCUT2D eigenvalue weighted by Gasteiger charge is -2.41. The summed E-state index contributed by atoms with van der Waals surface area (Å²) in [4.78, 5) is 24.8. The Morgan fingerprint density at radius 2 is 2.13 bits per heavy atom. The highest BCUT2D eigenvalue weighted by Crippen LogP contribution is 2.49. The van der Waals surface area contributed by atoms with Gasteiger partial charge in [-0.2, -0.15) is 13.2 Å². The molecule has 2 rings (SSSR count). The SMILES string of the molecule is CCOC(=O)OC(C)C1(C(=O)Nc2nnnn2C)C=CC(C(F)(F)F)=C(SC)C1Cl. The van der Waals surface area contributed by atoms with Gasteiger partial charge in [-0.25, -0.2) is 9.48 Å². The van der Waals surface area contributed by atoms with Crippen molar-refractivity contribution in [1.82, 2.24) is 20.2 Å². The molecule has 0 saturated carbocycles. The Kier molecular flexibility index (Phi) is 7.40. The van der Waals surface area contributed by atoms with E-state index >= 15 is 0 Å². The molecule has 0 bridgehead atoms. The van der Waals surface area contributed by atoms with E-state index in [4.69, 9.17) is 21.1 Å². The second kappa shape index (κ2) is 9.25. The number of rotatable bonds is 6. The van der Waals surface area contributed by atoms with Crippen LogP contribution < -0.4 is 5.32 Å². The van der Waals surface area contributed by atoms with Gasteiger partial charge in [0, 0.05) is 12.0 Å². The number of tetrazole rings is 1. The first-order valence-electron chi connectivity index (χ1n) is 8.54. The van der Waals surface area contributed by atoms with E-state index in [1.54, 1.807) is 6.92 Å². The Labute approximate surface area is 179 Å². The van der Waals surface area contributed by atoms with Gasteiger partial charge < -0.3 is 9.47 Å². The lowest BCUT2D eigenvalue weighted by atomic mass is 9.74. The van der Waals surface area contributed by atoms with E-state index < -0.39 is 40.7 Å². The highest BCUT2D eigenvalue weighted by molar-refractivity contribution is 8.02. The standard InChI is InChI=1S/C16H19ClF3N5O4S/c1-5-28-14(27)29-8(2)15(12(26)21-13-22-23-24-25(13)3)7-6-9(16(18,19)20)10(30-4)11(15)17/h6-8,11H,5H2,1-4H3,(H,21,22,24,26). The third kappa shape index (κ3) is 4.56. The van der Waals surface area contributed by atoms with Crippen molar-refractivity contribution in [3.05, 3.63) is 22.6 Å². The molecule has 1 amide bonds. The van der Waals surface area contributed by atoms with E-state index in [0.29, 0.717) is 0 Å². The van der Waals surface area contributed by atoms with Crippen LogP contribution in [0.25, 0.3) is 0 Å². The molecule has 0 radical (unpaired) electrons. The van der Waals surface area contributed by atoms with Crippen LogP contribution in [0.2, 0.25) is 0 Å². The molecule has 1 aliphatic rings. The van der Waals surface area contributed by atoms with E-state index in [9.17, 15) is 22.8 Å². The topological polar surface area (TPSA) is 108 Å². The molecular formula is C16H19ClF3N5O4S. The predicted octanol–water partition coefficient (Wildman–Crippen LogP) is 3.05. The Morgan fingerprint density at radius 3 is 2.63 bits per heavy atom. The zero-order chi connectivity index (χ0) is 22.7. The van der Waals surface area contributed by atoms with Gasteiger partial charge in [0.25, 0.3) is 0 Å². The number of hydrogen-bond donors (Lipinski definition) is 1. The number of allylic oxidation sites excluding steroid dienone is 3. The summed E-state index contributed by atoms with van der Waals surface area (Å²) >= 11 is 7.20. The van der Waals surface area contributed by atoms with Gasteiger partial charge in [0.05, 0.1) is 17.6 Å². The van der Waals surface area contributed by atoms with Gasteiger partial charge in [0.2, 0.25) is 11.9 Å². The monoisotopic (exact) mass is 469 g/mol. The molecule has 1 aromatic heterocycles. The summed E-state index contributed by atoms with van der Waals surface area (Å²) in [6.07, 6.45) is -3.94. The fourth-order valence-electron chi connectivity index (χ4n) is 2.84. The Morgan fingerprint density at radius 1 is 1.47 bits per heavy atom. The minimum atomic E-state index is -4.69. The van der Waals surface area contributed by atoms with Gasteiger partial charge >= 0.3 is 12.3 Å². The Balaban J connectivity index is 2.53. The quantitative estimate of drug-likeness (QED) is 0.500. The second-order valence-electron chi connectivity index (χ2n) is 6.13. The highest BCUT2D eigenvalue weighted by atomic mass is 35.5. The van der Waals surface area contributed by atoms with E-state index in [1.165, 1.54) is 20.2 Å². The molecule has 1 heterocycles. The fraction of sp³-hybridized carbons (Fsp3) is 0.562. The number of nitrogens with one attached hydrogen (secondary N) is 1. The van der Waals surface area contributed by atoms with Crippen LogP contribution >= 0.6 is 23.4 Å². The van der Waals surface area contributed by atoms with Crippen molar-refractivity contribution in [3.8, 4) is 0 Å². The van der Waals surface area contributed by atoms with Crippen molar-refractivity contribution >= 4 is 41.4 Å². The summed E-state index contributed by atoms with van der Waals surface area (Å²) in [6, 6.07) is 0. The van der Waals surface area contributed by atoms with Gasteiger partial charge in [0.15, 0.2) is 0 Å². The molecule has 0 aliphatic heterocycles. The molecule has 3 atom stereocenters. The smallest absolute Gasteiger partial charge is 0.435 e. The number of anilines is 1. The van der Waals surface area contributed by atoms with Crippen molar-refractivity contribution in [2.24, 2.45) is 12.5 Å². The molecule has 9 nitrogen and oxygen atoms in total. The number of alkyl halides is 4. The maximum Gasteiger partial charge on any atom is 0.508 e. The van der Waals surface area contributed by atoms with Gasteiger partial charge in [-0.15, -0.1) is 23.4 Å². The summed E-state index contributed by atoms with van der Waals surface area (Å²) < 4.78 is 51.4. The van der Waals surface area contributed by atoms with Crippen molar-refractivity contribution in [2.75, 3.05) is 18.2 Å². The zero-order valence-corrected chi connectivity index (χ0v) is 17.9. The van der Waals surface area contributed by atoms with Crippen LogP contribution in [-0.4, -0.2) is 62.8 Å². The number of carbonyl (C=O) groups excluding carboxylic acids is 2. The van der Waals surface area contributed by atoms with Crippen LogP contribution in [0.4, 0.5) is 23.9 Å². The molecule has 0 spiro atoms. The first kappa shape index (κ1) is 24.0. The van der Waals surface area contributed by atoms with Crippen LogP contribution in [0.1, 0.15) is 13.8 Å². The molecule has 3 unspecified atom stereocenters. The first-order valence-corrected chi connectivity index (χ1v) is 10.2. The number of amides is 1. The second-order valence-corrected chi connectivity index (χ2v) is 7.42. The molecule has 30 heavy (non-hydrogen) atoms. The molecular weight excluding hydrogens is 451 g/mol.